The zero-order valence-corrected chi connectivity index (χ0v) is 58.1. The van der Waals surface area contributed by atoms with Gasteiger partial charge in [-0.2, -0.15) is 35.8 Å². The Morgan fingerprint density at radius 2 is 1.24 bits per heavy atom. The second kappa shape index (κ2) is 30.3. The summed E-state index contributed by atoms with van der Waals surface area (Å²) in [6, 6.07) is -0.0682. The number of hydrogen-bond donors (Lipinski definition) is 12. The molecular weight excluding hydrogens is 1240 g/mol. The predicted molar refractivity (Wildman–Crippen MR) is 335 cm³/mol. The monoisotopic (exact) mass is 1330 g/mol. The van der Waals surface area contributed by atoms with Gasteiger partial charge < -0.3 is 25.6 Å². The fraction of sp³-hybridized carbons (Fsp3) is 0.686. The highest BCUT2D eigenvalue weighted by molar-refractivity contribution is 7.98. The maximum Gasteiger partial charge on any atom is 0.325 e. The topological polar surface area (TPSA) is 448 Å². The molecule has 4 unspecified atom stereocenters. The van der Waals surface area contributed by atoms with Crippen LogP contribution in [0, 0.1) is 5.41 Å². The van der Waals surface area contributed by atoms with E-state index in [-0.39, 0.29) is 96.2 Å². The predicted octanol–water partition coefficient (Wildman–Crippen LogP) is 4.20. The van der Waals surface area contributed by atoms with Gasteiger partial charge in [0.05, 0.1) is 34.0 Å². The smallest absolute Gasteiger partial charge is 0.325 e. The summed E-state index contributed by atoms with van der Waals surface area (Å²) in [6.07, 6.45) is 2.58. The summed E-state index contributed by atoms with van der Waals surface area (Å²) < 4.78 is 68.8. The molecule has 496 valence electrons. The van der Waals surface area contributed by atoms with Crippen molar-refractivity contribution in [1.82, 2.24) is 77.4 Å². The molecule has 0 spiro atoms. The van der Waals surface area contributed by atoms with Gasteiger partial charge >= 0.3 is 36.2 Å². The van der Waals surface area contributed by atoms with E-state index in [1.54, 1.807) is 45.4 Å². The van der Waals surface area contributed by atoms with Crippen molar-refractivity contribution in [2.24, 2.45) is 5.41 Å². The lowest BCUT2D eigenvalue weighted by molar-refractivity contribution is -0.127. The molecule has 31 nitrogen and oxygen atoms in total. The molecule has 0 saturated carbocycles. The van der Waals surface area contributed by atoms with Gasteiger partial charge in [-0.15, -0.1) is 0 Å². The van der Waals surface area contributed by atoms with Crippen molar-refractivity contribution in [2.45, 2.75) is 224 Å². The molecule has 87 heavy (non-hydrogen) atoms. The van der Waals surface area contributed by atoms with Crippen LogP contribution in [0.4, 0.5) is 4.79 Å². The third-order valence-corrected chi connectivity index (χ3v) is 18.3. The lowest BCUT2D eigenvalue weighted by Crippen LogP contribution is -2.43. The van der Waals surface area contributed by atoms with Crippen LogP contribution in [0.3, 0.4) is 0 Å². The number of aromatic hydroxyl groups is 3. The summed E-state index contributed by atoms with van der Waals surface area (Å²) in [5, 5.41) is 42.9. The van der Waals surface area contributed by atoms with Crippen LogP contribution in [0.5, 0.6) is 17.6 Å². The number of carbonyl (C=O) groups excluding carboxylic acids is 3. The first kappa shape index (κ1) is 78.7. The molecule has 8 heterocycles. The van der Waals surface area contributed by atoms with Crippen LogP contribution < -0.4 is 41.2 Å². The van der Waals surface area contributed by atoms with E-state index < -0.39 is 54.6 Å². The highest BCUT2D eigenvalue weighted by atomic mass is 32.2. The number of carbonyl (C=O) groups is 3. The summed E-state index contributed by atoms with van der Waals surface area (Å²) in [6.45, 7) is 45.5. The Labute approximate surface area is 518 Å². The van der Waals surface area contributed by atoms with E-state index in [0.29, 0.717) is 10.6 Å². The maximum absolute atomic E-state index is 11.2. The Kier molecular flexibility index (Phi) is 27.4. The average Bonchev–Trinajstić information content (AvgIpc) is 2.65. The number of hydrogen-bond acceptors (Lipinski definition) is 20. The maximum atomic E-state index is 11.2. The first-order chi connectivity index (χ1) is 38.9. The second-order valence-corrected chi connectivity index (χ2v) is 32.6. The Morgan fingerprint density at radius 1 is 0.690 bits per heavy atom. The highest BCUT2D eigenvalue weighted by Gasteiger charge is 2.43. The molecule has 8 rings (SSSR count). The number of nitrogens with one attached hydrogen (secondary N) is 9. The van der Waals surface area contributed by atoms with Crippen molar-refractivity contribution >= 4 is 71.3 Å². The van der Waals surface area contributed by atoms with Gasteiger partial charge in [-0.3, -0.25) is 43.1 Å². The summed E-state index contributed by atoms with van der Waals surface area (Å²) in [7, 11) is -8.65. The summed E-state index contributed by atoms with van der Waals surface area (Å²) in [4.78, 5) is 86.0. The lowest BCUT2D eigenvalue weighted by atomic mass is 9.93. The molecule has 3 amide bonds. The van der Waals surface area contributed by atoms with Crippen LogP contribution in [-0.4, -0.2) is 142 Å². The van der Waals surface area contributed by atoms with Crippen molar-refractivity contribution in [3.05, 3.63) is 74.8 Å². The third kappa shape index (κ3) is 25.0. The van der Waals surface area contributed by atoms with Gasteiger partial charge in [-0.05, 0) is 93.9 Å². The Bertz CT molecular complexity index is 3410. The number of aromatic amines is 5. The van der Waals surface area contributed by atoms with Crippen molar-refractivity contribution in [3.8, 4) is 17.6 Å². The van der Waals surface area contributed by atoms with Crippen LogP contribution in [0.25, 0.3) is 0 Å². The Hall–Kier alpha value is -6.31. The lowest BCUT2D eigenvalue weighted by Gasteiger charge is -2.25. The molecule has 36 heteroatoms. The number of aromatic nitrogens is 10. The zero-order valence-electron chi connectivity index (χ0n) is 54.0. The molecule has 3 aliphatic rings. The van der Waals surface area contributed by atoms with E-state index in [2.05, 4.69) is 75.4 Å². The molecule has 5 aromatic heterocycles. The first-order valence-electron chi connectivity index (χ1n) is 27.0. The molecule has 12 N–H and O–H groups in total. The van der Waals surface area contributed by atoms with Crippen molar-refractivity contribution in [3.63, 3.8) is 0 Å². The average molecular weight is 1330 g/mol. The molecule has 5 aromatic rings. The van der Waals surface area contributed by atoms with Gasteiger partial charge in [0.1, 0.15) is 18.3 Å². The molecule has 0 radical (unpaired) electrons. The van der Waals surface area contributed by atoms with E-state index in [9.17, 15) is 64.8 Å². The van der Waals surface area contributed by atoms with Crippen LogP contribution in [0.15, 0.2) is 37.6 Å². The molecule has 0 aliphatic carbocycles. The van der Waals surface area contributed by atoms with Crippen LogP contribution in [-0.2, 0) is 68.3 Å². The zero-order chi connectivity index (χ0) is 68.3. The van der Waals surface area contributed by atoms with Crippen molar-refractivity contribution in [1.29, 1.82) is 0 Å². The number of amides is 3. The molecule has 3 saturated heterocycles. The number of imidazole rings is 1. The summed E-state index contributed by atoms with van der Waals surface area (Å²) in [5.74, 6) is -0.932. The van der Waals surface area contributed by atoms with E-state index >= 15 is 0 Å². The van der Waals surface area contributed by atoms with Crippen molar-refractivity contribution < 1.29 is 50.7 Å². The summed E-state index contributed by atoms with van der Waals surface area (Å²) >= 11 is 2.48. The largest absolute Gasteiger partial charge is 0.494 e. The third-order valence-electron chi connectivity index (χ3n) is 11.3. The number of H-pyrrole nitrogens is 5. The molecule has 3 fully saturated rings. The van der Waals surface area contributed by atoms with Crippen molar-refractivity contribution in [2.75, 3.05) is 0 Å². The van der Waals surface area contributed by atoms with Gasteiger partial charge in [0.15, 0.2) is 11.0 Å². The van der Waals surface area contributed by atoms with Gasteiger partial charge in [0.2, 0.25) is 11.8 Å². The minimum absolute atomic E-state index is 0.00694. The Morgan fingerprint density at radius 3 is 1.43 bits per heavy atom. The number of rotatable bonds is 2. The SMILES string of the molecule is CC(C)(C)C1NC(=O)S(=O)N1.CC(C)(C)c1[nH]c(=O)[nH]c1O.CC(C)(C)c1cc(=O)[nH]s1.CC(C)(C)c1sc(=O)[nH]c1O.CC(C)(C)n1cc(O)nn1.CC(C)(C)n1ncc(=O)[nH]1.CC(C)N1C(C)C(=O)NS1(=O)=O.CC1NS(=O)(=O)N(C(C)C)C1=O. The van der Waals surface area contributed by atoms with Gasteiger partial charge in [-0.1, -0.05) is 116 Å². The van der Waals surface area contributed by atoms with Gasteiger partial charge in [-0.25, -0.2) is 32.5 Å². The standard InChI is InChI=1S/C7H12N2O2.C7H11NO2S.C7H11NOS.2C6H11N3O.2C6H12N2O3S.C6H12N2O2S/c1-7(2,3)4-5(10)9-6(11)8-4;1-7(2,3)4-5(9)8-6(10)11-4;1-7(2,3)5-4-6(9)8-10-5;1-6(2,3)9-4-5(10)7-8-9;1-6(2,3)9-7-4-5(10)8-9;1-4(2)8-5(3)6(9)7-12(8,10)11;1-4(2)8-6(9)5(3)7-12(8,10)11;1-6(2,3)4-7-5(9)11(10)8-4/h10H,1-3H3,(H2,8,9,11);9H,1-3H3,(H,8,10);4H,1-3H3,(H,8,9);4,10H,1-3H3;4H,1-3H3,(H,8,10);4-5H,1-3H3,(H,7,9);4-5,7H,1-3H3;4,8H,1-3H3,(H,7,9). The van der Waals surface area contributed by atoms with Crippen LogP contribution in [0.2, 0.25) is 0 Å². The number of nitrogens with zero attached hydrogens (tertiary/aromatic N) is 7. The fourth-order valence-corrected chi connectivity index (χ4v) is 12.5. The second-order valence-electron chi connectivity index (χ2n) is 26.5. The van der Waals surface area contributed by atoms with Gasteiger partial charge in [0, 0.05) is 33.9 Å². The fourth-order valence-electron chi connectivity index (χ4n) is 6.83. The Balaban J connectivity index is 0.000000498. The van der Waals surface area contributed by atoms with Gasteiger partial charge in [0.25, 0.3) is 28.8 Å². The van der Waals surface area contributed by atoms with E-state index in [0.717, 1.165) is 24.8 Å². The first-order valence-corrected chi connectivity index (χ1v) is 32.7. The number of thiazole rings is 1. The molecule has 0 bridgehead atoms. The molecule has 4 atom stereocenters. The minimum Gasteiger partial charge on any atom is -0.494 e. The van der Waals surface area contributed by atoms with E-state index in [1.807, 2.05) is 109 Å². The molecule has 0 aromatic carbocycles. The van der Waals surface area contributed by atoms with Crippen LogP contribution in [0.1, 0.15) is 182 Å². The highest BCUT2D eigenvalue weighted by Crippen LogP contribution is 2.31. The van der Waals surface area contributed by atoms with Crippen LogP contribution >= 0.6 is 22.9 Å². The minimum atomic E-state index is -3.55. The normalized spacial score (nSPS) is 19.1. The molecular formula is C51H92N16O15S5. The van der Waals surface area contributed by atoms with E-state index in [4.69, 9.17) is 5.11 Å². The quantitative estimate of drug-likeness (QED) is 0.118. The van der Waals surface area contributed by atoms with E-state index in [1.165, 1.54) is 35.6 Å². The molecule has 3 aliphatic heterocycles. The summed E-state index contributed by atoms with van der Waals surface area (Å²) in [5.41, 5.74) is -0.598.